The van der Waals surface area contributed by atoms with Gasteiger partial charge in [0, 0.05) is 6.54 Å². The highest BCUT2D eigenvalue weighted by Crippen LogP contribution is 2.33. The molecule has 1 heterocycles. The summed E-state index contributed by atoms with van der Waals surface area (Å²) < 4.78 is 63.3. The smallest absolute Gasteiger partial charge is 0.206 e. The van der Waals surface area contributed by atoms with Crippen molar-refractivity contribution in [3.05, 3.63) is 15.4 Å². The SMILES string of the molecule is CCCCN(CC(F)(F)F)S(=O)(=O)c1cc(C)c(Br)s1. The van der Waals surface area contributed by atoms with Crippen molar-refractivity contribution in [1.82, 2.24) is 4.31 Å². The molecular weight excluding hydrogens is 379 g/mol. The topological polar surface area (TPSA) is 37.4 Å². The van der Waals surface area contributed by atoms with Crippen LogP contribution in [0.4, 0.5) is 13.2 Å². The van der Waals surface area contributed by atoms with Crippen molar-refractivity contribution < 1.29 is 21.6 Å². The molecule has 116 valence electrons. The molecule has 0 N–H and O–H groups in total. The second kappa shape index (κ2) is 6.76. The van der Waals surface area contributed by atoms with Crippen molar-refractivity contribution in [3.63, 3.8) is 0 Å². The van der Waals surface area contributed by atoms with Crippen LogP contribution in [-0.2, 0) is 10.0 Å². The van der Waals surface area contributed by atoms with E-state index in [1.54, 1.807) is 13.8 Å². The molecule has 1 rings (SSSR count). The van der Waals surface area contributed by atoms with E-state index in [0.717, 1.165) is 11.3 Å². The van der Waals surface area contributed by atoms with Gasteiger partial charge in [-0.3, -0.25) is 0 Å². The van der Waals surface area contributed by atoms with Gasteiger partial charge in [-0.2, -0.15) is 17.5 Å². The first-order valence-electron chi connectivity index (χ1n) is 5.90. The minimum absolute atomic E-state index is 0.0674. The Morgan fingerprint density at radius 3 is 2.40 bits per heavy atom. The van der Waals surface area contributed by atoms with Gasteiger partial charge in [-0.25, -0.2) is 8.42 Å². The minimum atomic E-state index is -4.55. The van der Waals surface area contributed by atoms with E-state index in [1.807, 2.05) is 0 Å². The zero-order chi connectivity index (χ0) is 15.6. The van der Waals surface area contributed by atoms with Crippen molar-refractivity contribution in [3.8, 4) is 0 Å². The van der Waals surface area contributed by atoms with Gasteiger partial charge in [0.2, 0.25) is 0 Å². The van der Waals surface area contributed by atoms with E-state index < -0.39 is 22.7 Å². The number of hydrogen-bond acceptors (Lipinski definition) is 3. The molecule has 0 aliphatic rings. The molecule has 0 saturated carbocycles. The van der Waals surface area contributed by atoms with Gasteiger partial charge in [-0.15, -0.1) is 11.3 Å². The van der Waals surface area contributed by atoms with Gasteiger partial charge in [-0.1, -0.05) is 13.3 Å². The predicted octanol–water partition coefficient (Wildman–Crippen LogP) is 4.17. The molecule has 0 radical (unpaired) electrons. The monoisotopic (exact) mass is 393 g/mol. The normalized spacial score (nSPS) is 13.2. The molecule has 0 aromatic carbocycles. The summed E-state index contributed by atoms with van der Waals surface area (Å²) in [4.78, 5) is 0. The van der Waals surface area contributed by atoms with E-state index in [0.29, 0.717) is 26.5 Å². The molecule has 1 aromatic rings. The van der Waals surface area contributed by atoms with Gasteiger partial charge in [0.25, 0.3) is 10.0 Å². The Morgan fingerprint density at radius 2 is 2.00 bits per heavy atom. The summed E-state index contributed by atoms with van der Waals surface area (Å²) in [5.41, 5.74) is 0.691. The summed E-state index contributed by atoms with van der Waals surface area (Å²) in [5, 5.41) is 0. The minimum Gasteiger partial charge on any atom is -0.206 e. The average molecular weight is 394 g/mol. The van der Waals surface area contributed by atoms with Crippen LogP contribution >= 0.6 is 27.3 Å². The van der Waals surface area contributed by atoms with Gasteiger partial charge >= 0.3 is 6.18 Å². The molecule has 0 saturated heterocycles. The van der Waals surface area contributed by atoms with Crippen molar-refractivity contribution in [1.29, 1.82) is 0 Å². The van der Waals surface area contributed by atoms with E-state index in [1.165, 1.54) is 6.07 Å². The lowest BCUT2D eigenvalue weighted by atomic mass is 10.3. The van der Waals surface area contributed by atoms with Crippen LogP contribution in [0.15, 0.2) is 14.1 Å². The second-order valence-electron chi connectivity index (χ2n) is 4.33. The molecule has 20 heavy (non-hydrogen) atoms. The summed E-state index contributed by atoms with van der Waals surface area (Å²) in [5.74, 6) is 0. The van der Waals surface area contributed by atoms with E-state index >= 15 is 0 Å². The fourth-order valence-electron chi connectivity index (χ4n) is 1.50. The number of aryl methyl sites for hydroxylation is 1. The maximum absolute atomic E-state index is 12.6. The Hall–Kier alpha value is -0.120. The number of nitrogens with zero attached hydrogens (tertiary/aromatic N) is 1. The highest BCUT2D eigenvalue weighted by atomic mass is 79.9. The van der Waals surface area contributed by atoms with E-state index in [-0.39, 0.29) is 10.8 Å². The van der Waals surface area contributed by atoms with Crippen LogP contribution in [0.3, 0.4) is 0 Å². The van der Waals surface area contributed by atoms with Gasteiger partial charge in [0.15, 0.2) is 0 Å². The fourth-order valence-corrected chi connectivity index (χ4v) is 5.35. The summed E-state index contributed by atoms with van der Waals surface area (Å²) in [6.45, 7) is 1.90. The van der Waals surface area contributed by atoms with Crippen molar-refractivity contribution in [2.75, 3.05) is 13.1 Å². The lowest BCUT2D eigenvalue weighted by molar-refractivity contribution is -0.136. The third-order valence-corrected chi connectivity index (χ3v) is 6.98. The number of sulfonamides is 1. The Morgan fingerprint density at radius 1 is 1.40 bits per heavy atom. The standard InChI is InChI=1S/C11H15BrF3NO2S2/c1-3-4-5-16(7-11(13,14)15)20(17,18)9-6-8(2)10(12)19-9/h6H,3-5,7H2,1-2H3. The number of unbranched alkanes of at least 4 members (excludes halogenated alkanes) is 1. The molecule has 0 aliphatic carbocycles. The molecule has 0 spiro atoms. The molecule has 0 amide bonds. The van der Waals surface area contributed by atoms with Crippen LogP contribution in [0, 0.1) is 6.92 Å². The van der Waals surface area contributed by atoms with Gasteiger partial charge in [-0.05, 0) is 40.9 Å². The highest BCUT2D eigenvalue weighted by molar-refractivity contribution is 9.11. The van der Waals surface area contributed by atoms with E-state index in [9.17, 15) is 21.6 Å². The largest absolute Gasteiger partial charge is 0.402 e. The lowest BCUT2D eigenvalue weighted by Crippen LogP contribution is -2.39. The molecule has 1 aromatic heterocycles. The molecule has 0 atom stereocenters. The molecule has 3 nitrogen and oxygen atoms in total. The first-order valence-corrected chi connectivity index (χ1v) is 8.95. The fraction of sp³-hybridized carbons (Fsp3) is 0.636. The number of rotatable bonds is 6. The van der Waals surface area contributed by atoms with Crippen molar-refractivity contribution in [2.45, 2.75) is 37.1 Å². The summed E-state index contributed by atoms with van der Waals surface area (Å²) in [7, 11) is -4.11. The Kier molecular flexibility index (Phi) is 6.06. The van der Waals surface area contributed by atoms with Crippen LogP contribution in [0.25, 0.3) is 0 Å². The van der Waals surface area contributed by atoms with E-state index in [4.69, 9.17) is 0 Å². The lowest BCUT2D eigenvalue weighted by Gasteiger charge is -2.22. The van der Waals surface area contributed by atoms with Crippen molar-refractivity contribution in [2.24, 2.45) is 0 Å². The zero-order valence-corrected chi connectivity index (χ0v) is 14.2. The predicted molar refractivity (Wildman–Crippen MR) is 76.5 cm³/mol. The molecule has 0 fully saturated rings. The van der Waals surface area contributed by atoms with Crippen molar-refractivity contribution >= 4 is 37.3 Å². The zero-order valence-electron chi connectivity index (χ0n) is 11.0. The third-order valence-electron chi connectivity index (χ3n) is 2.55. The number of thiophene rings is 1. The van der Waals surface area contributed by atoms with Crippen LogP contribution in [0.2, 0.25) is 0 Å². The first kappa shape index (κ1) is 17.9. The first-order chi connectivity index (χ1) is 9.08. The average Bonchev–Trinajstić information content (AvgIpc) is 2.64. The van der Waals surface area contributed by atoms with Gasteiger partial charge < -0.3 is 0 Å². The van der Waals surface area contributed by atoms with Crippen LogP contribution in [0.5, 0.6) is 0 Å². The Balaban J connectivity index is 3.09. The summed E-state index contributed by atoms with van der Waals surface area (Å²) >= 11 is 4.11. The van der Waals surface area contributed by atoms with E-state index in [2.05, 4.69) is 15.9 Å². The van der Waals surface area contributed by atoms with Gasteiger partial charge in [0.1, 0.15) is 10.8 Å². The molecule has 0 bridgehead atoms. The number of halogens is 4. The number of alkyl halides is 3. The van der Waals surface area contributed by atoms with Crippen LogP contribution in [-0.4, -0.2) is 32.0 Å². The van der Waals surface area contributed by atoms with Crippen LogP contribution < -0.4 is 0 Å². The Labute approximate surface area is 129 Å². The maximum Gasteiger partial charge on any atom is 0.402 e. The molecular formula is C11H15BrF3NO2S2. The summed E-state index contributed by atoms with van der Waals surface area (Å²) in [6, 6.07) is 1.39. The quantitative estimate of drug-likeness (QED) is 0.726. The van der Waals surface area contributed by atoms with Gasteiger partial charge in [0.05, 0.1) is 3.79 Å². The molecule has 9 heteroatoms. The molecule has 0 aliphatic heterocycles. The highest BCUT2D eigenvalue weighted by Gasteiger charge is 2.37. The number of hydrogen-bond donors (Lipinski definition) is 0. The molecule has 0 unspecified atom stereocenters. The third kappa shape index (κ3) is 4.71. The summed E-state index contributed by atoms with van der Waals surface area (Å²) in [6.07, 6.45) is -3.54. The Bertz CT molecular complexity index is 535. The second-order valence-corrected chi connectivity index (χ2v) is 8.86. The maximum atomic E-state index is 12.6. The van der Waals surface area contributed by atoms with Crippen LogP contribution in [0.1, 0.15) is 25.3 Å².